The lowest BCUT2D eigenvalue weighted by atomic mass is 9.96. The number of hydrogen-bond acceptors (Lipinski definition) is 4. The molecule has 1 aromatic carbocycles. The van der Waals surface area contributed by atoms with E-state index in [0.717, 1.165) is 12.8 Å². The Hall–Kier alpha value is -1.98. The van der Waals surface area contributed by atoms with Gasteiger partial charge in [0.1, 0.15) is 5.82 Å². The van der Waals surface area contributed by atoms with E-state index in [-0.39, 0.29) is 5.82 Å². The maximum atomic E-state index is 13.6. The van der Waals surface area contributed by atoms with Crippen LogP contribution in [0.2, 0.25) is 0 Å². The van der Waals surface area contributed by atoms with Crippen LogP contribution in [0.3, 0.4) is 0 Å². The fourth-order valence-corrected chi connectivity index (χ4v) is 3.05. The summed E-state index contributed by atoms with van der Waals surface area (Å²) in [6.07, 6.45) is 8.37. The van der Waals surface area contributed by atoms with Gasteiger partial charge in [-0.15, -0.1) is 5.10 Å². The zero-order valence-electron chi connectivity index (χ0n) is 12.0. The highest BCUT2D eigenvalue weighted by atomic mass is 19.1. The second-order valence-electron chi connectivity index (χ2n) is 5.72. The third-order valence-corrected chi connectivity index (χ3v) is 4.09. The number of anilines is 1. The van der Waals surface area contributed by atoms with Crippen LogP contribution in [0.25, 0.3) is 11.4 Å². The molecule has 5 nitrogen and oxygen atoms in total. The quantitative estimate of drug-likeness (QED) is 0.861. The Kier molecular flexibility index (Phi) is 4.13. The first-order chi connectivity index (χ1) is 10.2. The van der Waals surface area contributed by atoms with Crippen molar-refractivity contribution in [1.29, 1.82) is 0 Å². The minimum absolute atomic E-state index is 0.291. The Morgan fingerprint density at radius 2 is 1.76 bits per heavy atom. The van der Waals surface area contributed by atoms with Crippen LogP contribution in [-0.4, -0.2) is 20.2 Å². The Bertz CT molecular complexity index is 582. The molecule has 112 valence electrons. The summed E-state index contributed by atoms with van der Waals surface area (Å²) in [5.74, 6) is 0.240. The van der Waals surface area contributed by atoms with Gasteiger partial charge in [-0.2, -0.15) is 0 Å². The van der Waals surface area contributed by atoms with Crippen molar-refractivity contribution < 1.29 is 4.39 Å². The second kappa shape index (κ2) is 6.20. The van der Waals surface area contributed by atoms with Crippen molar-refractivity contribution in [2.45, 2.75) is 51.0 Å². The van der Waals surface area contributed by atoms with Gasteiger partial charge in [0, 0.05) is 11.3 Å². The van der Waals surface area contributed by atoms with Gasteiger partial charge in [-0.05, 0) is 41.5 Å². The number of aromatic nitrogens is 4. The minimum Gasteiger partial charge on any atom is -0.399 e. The van der Waals surface area contributed by atoms with E-state index in [1.54, 1.807) is 6.07 Å². The van der Waals surface area contributed by atoms with Crippen molar-refractivity contribution in [2.75, 3.05) is 5.73 Å². The summed E-state index contributed by atoms with van der Waals surface area (Å²) < 4.78 is 15.4. The molecular formula is C15H20FN5. The van der Waals surface area contributed by atoms with Crippen molar-refractivity contribution in [3.05, 3.63) is 24.0 Å². The fourth-order valence-electron chi connectivity index (χ4n) is 3.05. The molecule has 1 saturated carbocycles. The van der Waals surface area contributed by atoms with Crippen LogP contribution in [0.15, 0.2) is 18.2 Å². The lowest BCUT2D eigenvalue weighted by Crippen LogP contribution is -2.14. The van der Waals surface area contributed by atoms with Gasteiger partial charge in [-0.1, -0.05) is 32.1 Å². The van der Waals surface area contributed by atoms with E-state index in [2.05, 4.69) is 15.5 Å². The molecule has 0 bridgehead atoms. The first-order valence-electron chi connectivity index (χ1n) is 7.58. The number of hydrogen-bond donors (Lipinski definition) is 1. The number of nitrogens with two attached hydrogens (primary N) is 1. The van der Waals surface area contributed by atoms with Crippen LogP contribution in [0.5, 0.6) is 0 Å². The van der Waals surface area contributed by atoms with E-state index in [1.165, 1.54) is 44.2 Å². The fraction of sp³-hybridized carbons (Fsp3) is 0.533. The van der Waals surface area contributed by atoms with Crippen molar-refractivity contribution in [1.82, 2.24) is 20.2 Å². The van der Waals surface area contributed by atoms with Crippen LogP contribution in [0, 0.1) is 5.82 Å². The van der Waals surface area contributed by atoms with Crippen LogP contribution in [-0.2, 0) is 0 Å². The molecule has 0 spiro atoms. The molecule has 0 saturated heterocycles. The zero-order chi connectivity index (χ0) is 14.7. The van der Waals surface area contributed by atoms with Gasteiger partial charge >= 0.3 is 0 Å². The summed E-state index contributed by atoms with van der Waals surface area (Å²) in [6.45, 7) is 0. The van der Waals surface area contributed by atoms with Gasteiger partial charge in [-0.3, -0.25) is 0 Å². The molecule has 1 aliphatic carbocycles. The van der Waals surface area contributed by atoms with Crippen molar-refractivity contribution in [3.8, 4) is 11.4 Å². The van der Waals surface area contributed by atoms with Gasteiger partial charge in [0.2, 0.25) is 0 Å². The van der Waals surface area contributed by atoms with Crippen LogP contribution in [0.1, 0.15) is 51.0 Å². The standard InChI is InChI=1S/C15H20FN5/c16-12-8-11(9-13(17)10-12)15-18-19-20-21(15)14-6-4-2-1-3-5-7-14/h8-10,14H,1-7,17H2. The highest BCUT2D eigenvalue weighted by Crippen LogP contribution is 2.29. The molecule has 0 radical (unpaired) electrons. The molecule has 0 amide bonds. The first-order valence-corrected chi connectivity index (χ1v) is 7.58. The van der Waals surface area contributed by atoms with Gasteiger partial charge in [0.05, 0.1) is 6.04 Å². The summed E-state index contributed by atoms with van der Waals surface area (Å²) in [6, 6.07) is 4.74. The molecule has 1 aromatic heterocycles. The number of nitrogens with zero attached hydrogens (tertiary/aromatic N) is 4. The molecule has 1 fully saturated rings. The number of halogens is 1. The third-order valence-electron chi connectivity index (χ3n) is 4.09. The normalized spacial score (nSPS) is 17.4. The number of rotatable bonds is 2. The minimum atomic E-state index is -0.364. The van der Waals surface area contributed by atoms with Gasteiger partial charge < -0.3 is 5.73 Å². The summed E-state index contributed by atoms with van der Waals surface area (Å²) in [5.41, 5.74) is 6.75. The van der Waals surface area contributed by atoms with Crippen LogP contribution < -0.4 is 5.73 Å². The number of benzene rings is 1. The van der Waals surface area contributed by atoms with E-state index >= 15 is 0 Å². The van der Waals surface area contributed by atoms with E-state index in [4.69, 9.17) is 5.73 Å². The number of tetrazole rings is 1. The topological polar surface area (TPSA) is 69.6 Å². The van der Waals surface area contributed by atoms with Crippen LogP contribution in [0.4, 0.5) is 10.1 Å². The Morgan fingerprint density at radius 1 is 1.05 bits per heavy atom. The van der Waals surface area contributed by atoms with Crippen molar-refractivity contribution in [2.24, 2.45) is 0 Å². The monoisotopic (exact) mass is 289 g/mol. The van der Waals surface area contributed by atoms with E-state index in [0.29, 0.717) is 23.1 Å². The molecule has 2 aromatic rings. The van der Waals surface area contributed by atoms with Gasteiger partial charge in [0.25, 0.3) is 0 Å². The van der Waals surface area contributed by atoms with Crippen molar-refractivity contribution in [3.63, 3.8) is 0 Å². The summed E-state index contributed by atoms with van der Waals surface area (Å²) in [4.78, 5) is 0. The Labute approximate surface area is 123 Å². The SMILES string of the molecule is Nc1cc(F)cc(-c2nnnn2C2CCCCCCC2)c1. The molecule has 6 heteroatoms. The molecule has 0 unspecified atom stereocenters. The van der Waals surface area contributed by atoms with Crippen LogP contribution >= 0.6 is 0 Å². The Morgan fingerprint density at radius 3 is 2.48 bits per heavy atom. The summed E-state index contributed by atoms with van der Waals surface area (Å²) in [7, 11) is 0. The first kappa shape index (κ1) is 14.0. The summed E-state index contributed by atoms with van der Waals surface area (Å²) in [5, 5.41) is 12.0. The number of nitrogen functional groups attached to an aromatic ring is 1. The zero-order valence-corrected chi connectivity index (χ0v) is 12.0. The predicted molar refractivity (Wildman–Crippen MR) is 79.0 cm³/mol. The molecule has 21 heavy (non-hydrogen) atoms. The third kappa shape index (κ3) is 3.20. The lowest BCUT2D eigenvalue weighted by molar-refractivity contribution is 0.345. The molecule has 1 heterocycles. The highest BCUT2D eigenvalue weighted by Gasteiger charge is 2.20. The largest absolute Gasteiger partial charge is 0.399 e. The predicted octanol–water partition coefficient (Wildman–Crippen LogP) is 3.35. The average molecular weight is 289 g/mol. The second-order valence-corrected chi connectivity index (χ2v) is 5.72. The van der Waals surface area contributed by atoms with E-state index in [9.17, 15) is 4.39 Å². The molecule has 2 N–H and O–H groups in total. The van der Waals surface area contributed by atoms with E-state index < -0.39 is 0 Å². The highest BCUT2D eigenvalue weighted by molar-refractivity contribution is 5.61. The molecule has 1 aliphatic rings. The molecule has 0 atom stereocenters. The molecule has 0 aliphatic heterocycles. The van der Waals surface area contributed by atoms with E-state index in [1.807, 2.05) is 4.68 Å². The molecular weight excluding hydrogens is 269 g/mol. The maximum Gasteiger partial charge on any atom is 0.182 e. The van der Waals surface area contributed by atoms with Crippen molar-refractivity contribution >= 4 is 5.69 Å². The smallest absolute Gasteiger partial charge is 0.182 e. The summed E-state index contributed by atoms with van der Waals surface area (Å²) >= 11 is 0. The van der Waals surface area contributed by atoms with Gasteiger partial charge in [0.15, 0.2) is 5.82 Å². The average Bonchev–Trinajstić information content (AvgIpc) is 2.86. The molecule has 3 rings (SSSR count). The lowest BCUT2D eigenvalue weighted by Gasteiger charge is -2.20. The Balaban J connectivity index is 1.92. The maximum absolute atomic E-state index is 13.6. The van der Waals surface area contributed by atoms with Gasteiger partial charge in [-0.25, -0.2) is 9.07 Å².